The van der Waals surface area contributed by atoms with E-state index < -0.39 is 5.97 Å². The molecule has 5 heteroatoms. The molecule has 1 heterocycles. The quantitative estimate of drug-likeness (QED) is 0.480. The molecule has 29 heavy (non-hydrogen) atoms. The van der Waals surface area contributed by atoms with E-state index in [9.17, 15) is 9.90 Å². The molecule has 152 valence electrons. The molecule has 1 aliphatic rings. The normalized spacial score (nSPS) is 15.1. The second-order valence-corrected chi connectivity index (χ2v) is 8.58. The maximum atomic E-state index is 11.4. The highest BCUT2D eigenvalue weighted by Crippen LogP contribution is 2.45. The maximum Gasteiger partial charge on any atom is 0.305 e. The van der Waals surface area contributed by atoms with Crippen molar-refractivity contribution in [2.45, 2.75) is 57.9 Å². The van der Waals surface area contributed by atoms with E-state index in [1.807, 2.05) is 12.1 Å². The van der Waals surface area contributed by atoms with Crippen LogP contribution in [0.2, 0.25) is 5.02 Å². The van der Waals surface area contributed by atoms with E-state index in [0.717, 1.165) is 35.2 Å². The lowest BCUT2D eigenvalue weighted by atomic mass is 9.81. The summed E-state index contributed by atoms with van der Waals surface area (Å²) in [4.78, 5) is 11.4. The van der Waals surface area contributed by atoms with Crippen molar-refractivity contribution in [3.05, 3.63) is 52.5 Å². The van der Waals surface area contributed by atoms with E-state index >= 15 is 0 Å². The third kappa shape index (κ3) is 3.86. The molecule has 0 aliphatic heterocycles. The average Bonchev–Trinajstić information content (AvgIpc) is 3.00. The molecule has 0 saturated heterocycles. The summed E-state index contributed by atoms with van der Waals surface area (Å²) >= 11 is 6.17. The van der Waals surface area contributed by atoms with E-state index in [-0.39, 0.29) is 6.42 Å². The molecule has 0 radical (unpaired) electrons. The molecule has 4 nitrogen and oxygen atoms in total. The van der Waals surface area contributed by atoms with Crippen LogP contribution in [0.3, 0.4) is 0 Å². The summed E-state index contributed by atoms with van der Waals surface area (Å²) in [7, 11) is 0. The fourth-order valence-electron chi connectivity index (χ4n) is 4.77. The van der Waals surface area contributed by atoms with Crippen molar-refractivity contribution >= 4 is 34.2 Å². The molecular weight excluding hydrogens is 384 g/mol. The van der Waals surface area contributed by atoms with Gasteiger partial charge in [0.1, 0.15) is 0 Å². The van der Waals surface area contributed by atoms with Crippen LogP contribution in [0.5, 0.6) is 0 Å². The van der Waals surface area contributed by atoms with E-state index in [4.69, 9.17) is 17.3 Å². The number of carboxylic acid groups (broad SMARTS) is 1. The number of carbonyl (C=O) groups is 1. The van der Waals surface area contributed by atoms with Crippen LogP contribution in [0.1, 0.15) is 55.6 Å². The smallest absolute Gasteiger partial charge is 0.305 e. The Labute approximate surface area is 176 Å². The van der Waals surface area contributed by atoms with Gasteiger partial charge < -0.3 is 15.4 Å². The lowest BCUT2D eigenvalue weighted by Gasteiger charge is -2.24. The van der Waals surface area contributed by atoms with Crippen molar-refractivity contribution in [1.29, 1.82) is 0 Å². The third-order valence-electron chi connectivity index (χ3n) is 6.09. The number of nitrogens with two attached hydrogens (primary N) is 1. The van der Waals surface area contributed by atoms with Crippen LogP contribution in [-0.2, 0) is 11.3 Å². The van der Waals surface area contributed by atoms with Gasteiger partial charge >= 0.3 is 5.97 Å². The fourth-order valence-corrected chi connectivity index (χ4v) is 4.95. The van der Waals surface area contributed by atoms with Gasteiger partial charge in [0.05, 0.1) is 12.1 Å². The lowest BCUT2D eigenvalue weighted by molar-refractivity contribution is -0.137. The number of nitrogens with zero attached hydrogens (tertiary/aromatic N) is 1. The monoisotopic (exact) mass is 410 g/mol. The number of anilines is 1. The van der Waals surface area contributed by atoms with Gasteiger partial charge in [-0.15, -0.1) is 0 Å². The number of halogens is 1. The van der Waals surface area contributed by atoms with Gasteiger partial charge in [0.25, 0.3) is 0 Å². The number of aryl methyl sites for hydroxylation is 2. The number of hydrogen-bond acceptors (Lipinski definition) is 2. The number of aliphatic carboxylic acids is 1. The number of aromatic nitrogens is 1. The zero-order chi connectivity index (χ0) is 20.5. The summed E-state index contributed by atoms with van der Waals surface area (Å²) in [6.07, 6.45) is 6.13. The summed E-state index contributed by atoms with van der Waals surface area (Å²) in [6, 6.07) is 12.1. The molecule has 0 atom stereocenters. The predicted octanol–water partition coefficient (Wildman–Crippen LogP) is 6.37. The van der Waals surface area contributed by atoms with E-state index in [1.165, 1.54) is 30.2 Å². The number of rotatable bonds is 5. The van der Waals surface area contributed by atoms with Crippen molar-refractivity contribution < 1.29 is 9.90 Å². The number of nitrogen functional groups attached to an aromatic ring is 1. The minimum absolute atomic E-state index is 0.0717. The molecule has 0 bridgehead atoms. The zero-order valence-corrected chi connectivity index (χ0v) is 17.5. The minimum Gasteiger partial charge on any atom is -0.481 e. The molecule has 1 saturated carbocycles. The van der Waals surface area contributed by atoms with Gasteiger partial charge in [-0.1, -0.05) is 43.0 Å². The van der Waals surface area contributed by atoms with E-state index in [1.54, 1.807) is 6.07 Å². The summed E-state index contributed by atoms with van der Waals surface area (Å²) in [5, 5.41) is 11.2. The molecule has 0 amide bonds. The molecule has 3 aromatic rings. The van der Waals surface area contributed by atoms with Crippen LogP contribution < -0.4 is 5.73 Å². The topological polar surface area (TPSA) is 68.2 Å². The molecule has 3 N–H and O–H groups in total. The van der Waals surface area contributed by atoms with Gasteiger partial charge in [0, 0.05) is 33.7 Å². The Morgan fingerprint density at radius 3 is 2.62 bits per heavy atom. The third-order valence-corrected chi connectivity index (χ3v) is 6.33. The Balaban J connectivity index is 2.02. The Morgan fingerprint density at radius 2 is 1.93 bits per heavy atom. The molecule has 1 aliphatic carbocycles. The lowest BCUT2D eigenvalue weighted by Crippen LogP contribution is -2.10. The molecular formula is C24H27ClN2O2. The van der Waals surface area contributed by atoms with Crippen LogP contribution in [0.15, 0.2) is 36.4 Å². The standard InChI is InChI=1S/C24H27ClN2O2/c1-15-7-9-19-21(13-15)27(12-11-22(28)29)24(18-10-8-17(25)14-20(18)26)23(19)16-5-3-2-4-6-16/h7-10,13-14,16H,2-6,11-12,26H2,1H3,(H,28,29). The van der Waals surface area contributed by atoms with Gasteiger partial charge in [-0.25, -0.2) is 0 Å². The van der Waals surface area contributed by atoms with Crippen molar-refractivity contribution in [1.82, 2.24) is 4.57 Å². The summed E-state index contributed by atoms with van der Waals surface area (Å²) in [5.74, 6) is -0.334. The average molecular weight is 411 g/mol. The highest BCUT2D eigenvalue weighted by atomic mass is 35.5. The Hall–Kier alpha value is -2.46. The minimum atomic E-state index is -0.797. The van der Waals surface area contributed by atoms with Gasteiger partial charge in [-0.2, -0.15) is 0 Å². The van der Waals surface area contributed by atoms with Crippen LogP contribution >= 0.6 is 11.6 Å². The van der Waals surface area contributed by atoms with Crippen molar-refractivity contribution in [2.24, 2.45) is 0 Å². The van der Waals surface area contributed by atoms with Gasteiger partial charge in [0.2, 0.25) is 0 Å². The first kappa shape index (κ1) is 19.8. The van der Waals surface area contributed by atoms with Gasteiger partial charge in [-0.05, 0) is 61.1 Å². The summed E-state index contributed by atoms with van der Waals surface area (Å²) in [6.45, 7) is 2.49. The van der Waals surface area contributed by atoms with E-state index in [0.29, 0.717) is 23.2 Å². The van der Waals surface area contributed by atoms with Gasteiger partial charge in [-0.3, -0.25) is 4.79 Å². The first-order chi connectivity index (χ1) is 14.0. The Bertz CT molecular complexity index is 1060. The molecule has 4 rings (SSSR count). The number of fused-ring (bicyclic) bond motifs is 1. The largest absolute Gasteiger partial charge is 0.481 e. The highest BCUT2D eigenvalue weighted by molar-refractivity contribution is 6.31. The van der Waals surface area contributed by atoms with Crippen LogP contribution in [0.25, 0.3) is 22.2 Å². The molecule has 0 spiro atoms. The van der Waals surface area contributed by atoms with Crippen molar-refractivity contribution in [2.75, 3.05) is 5.73 Å². The zero-order valence-electron chi connectivity index (χ0n) is 16.7. The summed E-state index contributed by atoms with van der Waals surface area (Å²) < 4.78 is 2.17. The number of benzene rings is 2. The Kier molecular flexibility index (Phi) is 5.55. The highest BCUT2D eigenvalue weighted by Gasteiger charge is 2.27. The number of carboxylic acids is 1. The number of hydrogen-bond donors (Lipinski definition) is 2. The molecule has 0 unspecified atom stereocenters. The molecule has 2 aromatic carbocycles. The van der Waals surface area contributed by atoms with E-state index in [2.05, 4.69) is 29.7 Å². The second kappa shape index (κ2) is 8.11. The fraction of sp³-hybridized carbons (Fsp3) is 0.375. The second-order valence-electron chi connectivity index (χ2n) is 8.14. The van der Waals surface area contributed by atoms with Crippen molar-refractivity contribution in [3.63, 3.8) is 0 Å². The van der Waals surface area contributed by atoms with Crippen LogP contribution in [-0.4, -0.2) is 15.6 Å². The molecule has 1 fully saturated rings. The Morgan fingerprint density at radius 1 is 1.17 bits per heavy atom. The predicted molar refractivity (Wildman–Crippen MR) is 120 cm³/mol. The van der Waals surface area contributed by atoms with Crippen LogP contribution in [0.4, 0.5) is 5.69 Å². The van der Waals surface area contributed by atoms with Crippen LogP contribution in [0, 0.1) is 6.92 Å². The molecule has 1 aromatic heterocycles. The SMILES string of the molecule is Cc1ccc2c(C3CCCCC3)c(-c3ccc(Cl)cc3N)n(CCC(=O)O)c2c1. The summed E-state index contributed by atoms with van der Waals surface area (Å²) in [5.41, 5.74) is 12.6. The van der Waals surface area contributed by atoms with Gasteiger partial charge in [0.15, 0.2) is 0 Å². The first-order valence-corrected chi connectivity index (χ1v) is 10.7. The maximum absolute atomic E-state index is 11.4. The van der Waals surface area contributed by atoms with Crippen molar-refractivity contribution in [3.8, 4) is 11.3 Å². The first-order valence-electron chi connectivity index (χ1n) is 10.4.